The highest BCUT2D eigenvalue weighted by molar-refractivity contribution is 8.27. The molecule has 0 unspecified atom stereocenters. The number of amides is 1. The van der Waals surface area contributed by atoms with Crippen molar-refractivity contribution in [2.75, 3.05) is 19.1 Å². The Morgan fingerprint density at radius 3 is 2.44 bits per heavy atom. The smallest absolute Gasteiger partial charge is 0.335 e. The Hall–Kier alpha value is -2.84. The number of hydrogen-bond donors (Lipinski definition) is 1. The fraction of sp³-hybridized carbons (Fsp3) is 0.105. The molecule has 1 heterocycles. The third-order valence-electron chi connectivity index (χ3n) is 3.88. The van der Waals surface area contributed by atoms with Gasteiger partial charge in [-0.15, -0.1) is 0 Å². The van der Waals surface area contributed by atoms with Gasteiger partial charge in [0.15, 0.2) is 4.32 Å². The molecule has 1 saturated heterocycles. The largest absolute Gasteiger partial charge is 0.497 e. The van der Waals surface area contributed by atoms with Gasteiger partial charge in [-0.1, -0.05) is 36.1 Å². The minimum Gasteiger partial charge on any atom is -0.497 e. The highest BCUT2D eigenvalue weighted by Gasteiger charge is 2.35. The lowest BCUT2D eigenvalue weighted by Crippen LogP contribution is -2.27. The molecule has 8 heteroatoms. The predicted octanol–water partition coefficient (Wildman–Crippen LogP) is 3.81. The maximum absolute atomic E-state index is 12.9. The number of methoxy groups -OCH3 is 2. The van der Waals surface area contributed by atoms with Crippen LogP contribution in [0.3, 0.4) is 0 Å². The summed E-state index contributed by atoms with van der Waals surface area (Å²) in [5.41, 5.74) is 1.43. The molecule has 1 aliphatic rings. The molecular weight excluding hydrogens is 386 g/mol. The van der Waals surface area contributed by atoms with Crippen LogP contribution in [0.1, 0.15) is 15.9 Å². The van der Waals surface area contributed by atoms with E-state index in [9.17, 15) is 9.59 Å². The molecule has 0 aromatic heterocycles. The molecule has 2 aromatic carbocycles. The van der Waals surface area contributed by atoms with E-state index in [1.165, 1.54) is 35.9 Å². The van der Waals surface area contributed by atoms with Crippen molar-refractivity contribution in [3.05, 3.63) is 58.5 Å². The van der Waals surface area contributed by atoms with Crippen LogP contribution in [0.25, 0.3) is 6.08 Å². The monoisotopic (exact) mass is 401 g/mol. The molecule has 0 saturated carbocycles. The van der Waals surface area contributed by atoms with Crippen LogP contribution in [0.4, 0.5) is 5.69 Å². The number of carbonyl (C=O) groups excluding carboxylic acids is 1. The second-order valence-electron chi connectivity index (χ2n) is 5.48. The number of rotatable bonds is 5. The van der Waals surface area contributed by atoms with Gasteiger partial charge < -0.3 is 14.6 Å². The minimum absolute atomic E-state index is 0.183. The molecule has 2 aromatic rings. The Kier molecular flexibility index (Phi) is 5.48. The molecule has 0 bridgehead atoms. The van der Waals surface area contributed by atoms with Crippen LogP contribution in [0, 0.1) is 0 Å². The van der Waals surface area contributed by atoms with Crippen molar-refractivity contribution in [1.82, 2.24) is 0 Å². The molecule has 6 nitrogen and oxygen atoms in total. The van der Waals surface area contributed by atoms with E-state index in [4.69, 9.17) is 26.8 Å². The van der Waals surface area contributed by atoms with Gasteiger partial charge in [0.05, 0.1) is 30.4 Å². The Morgan fingerprint density at radius 2 is 1.85 bits per heavy atom. The first-order valence-corrected chi connectivity index (χ1v) is 9.00. The van der Waals surface area contributed by atoms with Gasteiger partial charge in [-0.3, -0.25) is 9.69 Å². The first-order chi connectivity index (χ1) is 12.9. The first kappa shape index (κ1) is 18.9. The molecule has 0 radical (unpaired) electrons. The number of anilines is 1. The lowest BCUT2D eigenvalue weighted by molar-refractivity contribution is -0.113. The Balaban J connectivity index is 1.92. The zero-order valence-corrected chi connectivity index (χ0v) is 16.1. The van der Waals surface area contributed by atoms with Crippen LogP contribution in [-0.2, 0) is 4.79 Å². The summed E-state index contributed by atoms with van der Waals surface area (Å²) in [5, 5.41) is 8.97. The maximum Gasteiger partial charge on any atom is 0.335 e. The lowest BCUT2D eigenvalue weighted by atomic mass is 10.1. The summed E-state index contributed by atoms with van der Waals surface area (Å²) in [6, 6.07) is 11.4. The molecule has 1 amide bonds. The SMILES string of the molecule is COc1ccc(N2C(=O)/C(=C/c3ccc(C(=O)O)cc3)SC2=S)c(OC)c1. The molecule has 0 spiro atoms. The first-order valence-electron chi connectivity index (χ1n) is 7.78. The normalized spacial score (nSPS) is 15.3. The van der Waals surface area contributed by atoms with Gasteiger partial charge in [0.2, 0.25) is 0 Å². The number of thiocarbonyl (C=S) groups is 1. The fourth-order valence-electron chi connectivity index (χ4n) is 2.52. The summed E-state index contributed by atoms with van der Waals surface area (Å²) in [6.45, 7) is 0. The second-order valence-corrected chi connectivity index (χ2v) is 7.16. The number of carbonyl (C=O) groups is 2. The predicted molar refractivity (Wildman–Crippen MR) is 109 cm³/mol. The number of nitrogens with zero attached hydrogens (tertiary/aromatic N) is 1. The van der Waals surface area contributed by atoms with Gasteiger partial charge in [-0.2, -0.15) is 0 Å². The highest BCUT2D eigenvalue weighted by atomic mass is 32.2. The second kappa shape index (κ2) is 7.81. The average molecular weight is 401 g/mol. The van der Waals surface area contributed by atoms with E-state index in [1.54, 1.807) is 43.5 Å². The van der Waals surface area contributed by atoms with Crippen LogP contribution in [0.15, 0.2) is 47.4 Å². The van der Waals surface area contributed by atoms with E-state index in [1.807, 2.05) is 0 Å². The van der Waals surface area contributed by atoms with Gasteiger partial charge in [-0.05, 0) is 35.9 Å². The van der Waals surface area contributed by atoms with Crippen LogP contribution >= 0.6 is 24.0 Å². The number of aromatic carboxylic acids is 1. The summed E-state index contributed by atoms with van der Waals surface area (Å²) in [6.07, 6.45) is 1.68. The van der Waals surface area contributed by atoms with E-state index in [-0.39, 0.29) is 11.5 Å². The Labute approximate surface area is 165 Å². The van der Waals surface area contributed by atoms with Crippen LogP contribution < -0.4 is 14.4 Å². The number of ether oxygens (including phenoxy) is 2. The summed E-state index contributed by atoms with van der Waals surface area (Å²) in [5.74, 6) is -0.192. The summed E-state index contributed by atoms with van der Waals surface area (Å²) in [7, 11) is 3.06. The lowest BCUT2D eigenvalue weighted by Gasteiger charge is -2.18. The molecule has 1 N–H and O–H groups in total. The van der Waals surface area contributed by atoms with E-state index >= 15 is 0 Å². The van der Waals surface area contributed by atoms with Gasteiger partial charge >= 0.3 is 5.97 Å². The number of benzene rings is 2. The minimum atomic E-state index is -1.00. The molecule has 0 atom stereocenters. The average Bonchev–Trinajstić information content (AvgIpc) is 2.94. The van der Waals surface area contributed by atoms with Crippen molar-refractivity contribution in [3.8, 4) is 11.5 Å². The summed E-state index contributed by atoms with van der Waals surface area (Å²) < 4.78 is 10.9. The van der Waals surface area contributed by atoms with Crippen molar-refractivity contribution >= 4 is 51.9 Å². The maximum atomic E-state index is 12.9. The highest BCUT2D eigenvalue weighted by Crippen LogP contribution is 2.41. The molecule has 1 aliphatic heterocycles. The standard InChI is InChI=1S/C19H15NO5S2/c1-24-13-7-8-14(15(10-13)25-2)20-17(21)16(27-19(20)26)9-11-3-5-12(6-4-11)18(22)23/h3-10H,1-2H3,(H,22,23)/b16-9-. The molecule has 138 valence electrons. The topological polar surface area (TPSA) is 76.1 Å². The van der Waals surface area contributed by atoms with Gasteiger partial charge in [-0.25, -0.2) is 4.79 Å². The summed E-state index contributed by atoms with van der Waals surface area (Å²) >= 11 is 6.56. The van der Waals surface area contributed by atoms with E-state index in [0.29, 0.717) is 32.0 Å². The number of thioether (sulfide) groups is 1. The number of hydrogen-bond acceptors (Lipinski definition) is 6. The zero-order chi connectivity index (χ0) is 19.6. The summed E-state index contributed by atoms with van der Waals surface area (Å²) in [4.78, 5) is 25.7. The van der Waals surface area contributed by atoms with Crippen molar-refractivity contribution in [1.29, 1.82) is 0 Å². The van der Waals surface area contributed by atoms with E-state index in [0.717, 1.165) is 0 Å². The third kappa shape index (κ3) is 3.81. The van der Waals surface area contributed by atoms with Crippen LogP contribution in [0.5, 0.6) is 11.5 Å². The number of carboxylic acid groups (broad SMARTS) is 1. The van der Waals surface area contributed by atoms with Crippen LogP contribution in [0.2, 0.25) is 0 Å². The van der Waals surface area contributed by atoms with Crippen molar-refractivity contribution in [2.45, 2.75) is 0 Å². The zero-order valence-electron chi connectivity index (χ0n) is 14.5. The van der Waals surface area contributed by atoms with Crippen molar-refractivity contribution < 1.29 is 24.2 Å². The Morgan fingerprint density at radius 1 is 1.15 bits per heavy atom. The molecule has 27 heavy (non-hydrogen) atoms. The van der Waals surface area contributed by atoms with Crippen LogP contribution in [-0.4, -0.2) is 35.5 Å². The van der Waals surface area contributed by atoms with Gasteiger partial charge in [0, 0.05) is 6.07 Å². The van der Waals surface area contributed by atoms with Crippen molar-refractivity contribution in [3.63, 3.8) is 0 Å². The number of carboxylic acids is 1. The third-order valence-corrected chi connectivity index (χ3v) is 5.18. The quantitative estimate of drug-likeness (QED) is 0.603. The molecule has 0 aliphatic carbocycles. The molecule has 3 rings (SSSR count). The fourth-order valence-corrected chi connectivity index (χ4v) is 3.80. The molecular formula is C19H15NO5S2. The van der Waals surface area contributed by atoms with E-state index < -0.39 is 5.97 Å². The van der Waals surface area contributed by atoms with E-state index in [2.05, 4.69) is 0 Å². The Bertz CT molecular complexity index is 953. The van der Waals surface area contributed by atoms with Gasteiger partial charge in [0.25, 0.3) is 5.91 Å². The van der Waals surface area contributed by atoms with Crippen molar-refractivity contribution in [2.24, 2.45) is 0 Å². The van der Waals surface area contributed by atoms with Gasteiger partial charge in [0.1, 0.15) is 11.5 Å². The molecule has 1 fully saturated rings.